The van der Waals surface area contributed by atoms with Crippen LogP contribution >= 0.6 is 23.5 Å². The minimum absolute atomic E-state index is 0.167. The molecule has 35 heavy (non-hydrogen) atoms. The van der Waals surface area contributed by atoms with Gasteiger partial charge in [0.25, 0.3) is 0 Å². The van der Waals surface area contributed by atoms with Crippen LogP contribution < -0.4 is 21.7 Å². The van der Waals surface area contributed by atoms with Crippen molar-refractivity contribution in [3.05, 3.63) is 18.2 Å². The SMILES string of the molecule is CSCCC(NC(=O)C(N)Cc1cnc[nH]1)C(=O)NC(CCSC)C(=O)NC(CC(=O)O)C(=O)O. The van der Waals surface area contributed by atoms with Gasteiger partial charge in [0.1, 0.15) is 18.1 Å². The highest BCUT2D eigenvalue weighted by molar-refractivity contribution is 7.98. The summed E-state index contributed by atoms with van der Waals surface area (Å²) >= 11 is 2.87. The molecular weight excluding hydrogens is 500 g/mol. The molecule has 196 valence electrons. The standard InChI is InChI=1S/C20H32N6O7S2/c1-34-5-3-13(24-17(29)12(21)7-11-9-22-10-23-11)18(30)25-14(4-6-35-2)19(31)26-15(20(32)33)8-16(27)28/h9-10,12-15H,3-8,21H2,1-2H3,(H,22,23)(H,24,29)(H,25,30)(H,26,31)(H,27,28)(H,32,33). The van der Waals surface area contributed by atoms with Crippen LogP contribution in [0, 0.1) is 0 Å². The van der Waals surface area contributed by atoms with Crippen LogP contribution in [0.1, 0.15) is 25.0 Å². The molecule has 4 atom stereocenters. The van der Waals surface area contributed by atoms with E-state index < -0.39 is 60.2 Å². The van der Waals surface area contributed by atoms with Crippen molar-refractivity contribution < 1.29 is 34.2 Å². The first-order valence-electron chi connectivity index (χ1n) is 10.6. The van der Waals surface area contributed by atoms with Gasteiger partial charge in [0.2, 0.25) is 17.7 Å². The van der Waals surface area contributed by atoms with Crippen molar-refractivity contribution in [1.82, 2.24) is 25.9 Å². The summed E-state index contributed by atoms with van der Waals surface area (Å²) in [5, 5.41) is 25.4. The lowest BCUT2D eigenvalue weighted by molar-refractivity contribution is -0.147. The molecule has 1 rings (SSSR count). The highest BCUT2D eigenvalue weighted by Gasteiger charge is 2.31. The van der Waals surface area contributed by atoms with Crippen LogP contribution in [0.3, 0.4) is 0 Å². The minimum atomic E-state index is -1.65. The van der Waals surface area contributed by atoms with E-state index in [-0.39, 0.29) is 19.3 Å². The van der Waals surface area contributed by atoms with Crippen molar-refractivity contribution in [3.8, 4) is 0 Å². The molecule has 1 aromatic rings. The van der Waals surface area contributed by atoms with E-state index in [0.29, 0.717) is 17.2 Å². The molecule has 4 unspecified atom stereocenters. The summed E-state index contributed by atoms with van der Waals surface area (Å²) in [6.45, 7) is 0. The van der Waals surface area contributed by atoms with Crippen LogP contribution in [-0.2, 0) is 30.4 Å². The van der Waals surface area contributed by atoms with E-state index in [1.807, 2.05) is 6.26 Å². The van der Waals surface area contributed by atoms with Crippen molar-refractivity contribution in [2.45, 2.75) is 49.9 Å². The topological polar surface area (TPSA) is 217 Å². The van der Waals surface area contributed by atoms with Gasteiger partial charge in [0.05, 0.1) is 18.8 Å². The number of nitrogens with one attached hydrogen (secondary N) is 4. The Labute approximate surface area is 211 Å². The van der Waals surface area contributed by atoms with E-state index in [0.717, 1.165) is 0 Å². The number of aromatic amines is 1. The maximum atomic E-state index is 13.0. The van der Waals surface area contributed by atoms with Crippen LogP contribution in [-0.4, -0.2) is 98.0 Å². The molecule has 1 heterocycles. The van der Waals surface area contributed by atoms with E-state index in [1.165, 1.54) is 36.0 Å². The lowest BCUT2D eigenvalue weighted by Gasteiger charge is -2.25. The second-order valence-electron chi connectivity index (χ2n) is 7.57. The van der Waals surface area contributed by atoms with Crippen LogP contribution in [0.25, 0.3) is 0 Å². The van der Waals surface area contributed by atoms with Gasteiger partial charge < -0.3 is 36.9 Å². The molecule has 0 radical (unpaired) electrons. The Kier molecular flexibility index (Phi) is 13.8. The Morgan fingerprint density at radius 1 is 0.943 bits per heavy atom. The molecule has 8 N–H and O–H groups in total. The Hall–Kier alpha value is -2.78. The van der Waals surface area contributed by atoms with Gasteiger partial charge in [-0.2, -0.15) is 23.5 Å². The molecule has 13 nitrogen and oxygen atoms in total. The number of carbonyl (C=O) groups excluding carboxylic acids is 3. The average molecular weight is 533 g/mol. The second kappa shape index (κ2) is 16.0. The summed E-state index contributed by atoms with van der Waals surface area (Å²) in [4.78, 5) is 67.3. The number of aliphatic carboxylic acids is 2. The first kappa shape index (κ1) is 30.3. The van der Waals surface area contributed by atoms with Gasteiger partial charge >= 0.3 is 11.9 Å². The molecule has 0 aliphatic heterocycles. The molecule has 0 fully saturated rings. The summed E-state index contributed by atoms with van der Waals surface area (Å²) in [6, 6.07) is -4.70. The van der Waals surface area contributed by atoms with E-state index in [2.05, 4.69) is 25.9 Å². The van der Waals surface area contributed by atoms with E-state index in [9.17, 15) is 29.1 Å². The third kappa shape index (κ3) is 11.5. The summed E-state index contributed by atoms with van der Waals surface area (Å²) in [7, 11) is 0. The number of aromatic nitrogens is 2. The molecular formula is C20H32N6O7S2. The fourth-order valence-electron chi connectivity index (χ4n) is 2.93. The van der Waals surface area contributed by atoms with Gasteiger partial charge in [-0.25, -0.2) is 9.78 Å². The number of H-pyrrole nitrogens is 1. The Morgan fingerprint density at radius 2 is 1.46 bits per heavy atom. The van der Waals surface area contributed by atoms with Crippen LogP contribution in [0.4, 0.5) is 0 Å². The molecule has 15 heteroatoms. The van der Waals surface area contributed by atoms with E-state index >= 15 is 0 Å². The van der Waals surface area contributed by atoms with Crippen molar-refractivity contribution in [1.29, 1.82) is 0 Å². The number of nitrogens with two attached hydrogens (primary N) is 1. The number of amides is 3. The van der Waals surface area contributed by atoms with Crippen molar-refractivity contribution in [3.63, 3.8) is 0 Å². The van der Waals surface area contributed by atoms with Gasteiger partial charge in [-0.05, 0) is 36.9 Å². The number of nitrogens with zero attached hydrogens (tertiary/aromatic N) is 1. The Bertz CT molecular complexity index is 855. The Balaban J connectivity index is 2.91. The van der Waals surface area contributed by atoms with Gasteiger partial charge in [-0.15, -0.1) is 0 Å². The van der Waals surface area contributed by atoms with E-state index in [1.54, 1.807) is 6.26 Å². The highest BCUT2D eigenvalue weighted by atomic mass is 32.2. The molecule has 0 saturated carbocycles. The minimum Gasteiger partial charge on any atom is -0.481 e. The van der Waals surface area contributed by atoms with Crippen LogP contribution in [0.2, 0.25) is 0 Å². The maximum Gasteiger partial charge on any atom is 0.326 e. The molecule has 1 aromatic heterocycles. The van der Waals surface area contributed by atoms with Crippen molar-refractivity contribution in [2.75, 3.05) is 24.0 Å². The molecule has 0 saturated heterocycles. The normalized spacial score (nSPS) is 14.3. The first-order chi connectivity index (χ1) is 16.6. The Morgan fingerprint density at radius 3 is 1.89 bits per heavy atom. The zero-order valence-corrected chi connectivity index (χ0v) is 21.1. The quantitative estimate of drug-likeness (QED) is 0.126. The molecule has 0 aliphatic rings. The lowest BCUT2D eigenvalue weighted by atomic mass is 10.1. The molecule has 3 amide bonds. The second-order valence-corrected chi connectivity index (χ2v) is 9.54. The molecule has 0 aliphatic carbocycles. The third-order valence-corrected chi connectivity index (χ3v) is 6.10. The van der Waals surface area contributed by atoms with Crippen molar-refractivity contribution >= 4 is 53.2 Å². The molecule has 0 spiro atoms. The number of hydrogen-bond donors (Lipinski definition) is 7. The summed E-state index contributed by atoms with van der Waals surface area (Å²) in [5.41, 5.74) is 6.61. The fourth-order valence-corrected chi connectivity index (χ4v) is 3.88. The fraction of sp³-hybridized carbons (Fsp3) is 0.600. The molecule has 0 aromatic carbocycles. The van der Waals surface area contributed by atoms with E-state index in [4.69, 9.17) is 10.8 Å². The van der Waals surface area contributed by atoms with Crippen LogP contribution in [0.15, 0.2) is 12.5 Å². The van der Waals surface area contributed by atoms with Crippen molar-refractivity contribution in [2.24, 2.45) is 5.73 Å². The van der Waals surface area contributed by atoms with Crippen LogP contribution in [0.5, 0.6) is 0 Å². The van der Waals surface area contributed by atoms with Gasteiger partial charge in [0.15, 0.2) is 0 Å². The zero-order valence-electron chi connectivity index (χ0n) is 19.5. The maximum absolute atomic E-state index is 13.0. The number of rotatable bonds is 17. The number of imidazole rings is 1. The predicted molar refractivity (Wildman–Crippen MR) is 132 cm³/mol. The summed E-state index contributed by atoms with van der Waals surface area (Å²) < 4.78 is 0. The average Bonchev–Trinajstić information content (AvgIpc) is 3.31. The highest BCUT2D eigenvalue weighted by Crippen LogP contribution is 2.07. The lowest BCUT2D eigenvalue weighted by Crippen LogP contribution is -2.57. The molecule has 0 bridgehead atoms. The third-order valence-electron chi connectivity index (χ3n) is 4.81. The van der Waals surface area contributed by atoms with Gasteiger partial charge in [0, 0.05) is 18.3 Å². The summed E-state index contributed by atoms with van der Waals surface area (Å²) in [5.74, 6) is -3.92. The van der Waals surface area contributed by atoms with Gasteiger partial charge in [-0.1, -0.05) is 0 Å². The monoisotopic (exact) mass is 532 g/mol. The predicted octanol–water partition coefficient (Wildman–Crippen LogP) is -1.20. The smallest absolute Gasteiger partial charge is 0.326 e. The number of thioether (sulfide) groups is 2. The first-order valence-corrected chi connectivity index (χ1v) is 13.4. The number of carbonyl (C=O) groups is 5. The van der Waals surface area contributed by atoms with Gasteiger partial charge in [-0.3, -0.25) is 19.2 Å². The number of carboxylic acids is 2. The number of carboxylic acid groups (broad SMARTS) is 2. The largest absolute Gasteiger partial charge is 0.481 e. The summed E-state index contributed by atoms with van der Waals surface area (Å²) in [6.07, 6.45) is 6.43. The zero-order chi connectivity index (χ0) is 26.4. The number of hydrogen-bond acceptors (Lipinski definition) is 9.